The molecule has 18 heavy (non-hydrogen) atoms. The normalized spacial score (nSPS) is 10.9. The average Bonchev–Trinajstić information content (AvgIpc) is 2.68. The molecule has 0 aliphatic carbocycles. The molecule has 1 heterocycles. The zero-order chi connectivity index (χ0) is 13.1. The van der Waals surface area contributed by atoms with Crippen molar-refractivity contribution in [2.24, 2.45) is 7.05 Å². The van der Waals surface area contributed by atoms with Gasteiger partial charge >= 0.3 is 0 Å². The summed E-state index contributed by atoms with van der Waals surface area (Å²) < 4.78 is 1.72. The van der Waals surface area contributed by atoms with Crippen LogP contribution in [0, 0.1) is 20.8 Å². The van der Waals surface area contributed by atoms with E-state index in [1.54, 1.807) is 4.68 Å². The van der Waals surface area contributed by atoms with Gasteiger partial charge in [0.15, 0.2) is 0 Å². The summed E-state index contributed by atoms with van der Waals surface area (Å²) in [4.78, 5) is 0. The largest absolute Gasteiger partial charge is 0.307 e. The number of aromatic nitrogens is 3. The monoisotopic (exact) mass is 244 g/mol. The van der Waals surface area contributed by atoms with Gasteiger partial charge in [0, 0.05) is 26.3 Å². The molecule has 0 unspecified atom stereocenters. The van der Waals surface area contributed by atoms with Gasteiger partial charge in [-0.05, 0) is 37.5 Å². The second kappa shape index (κ2) is 5.31. The minimum absolute atomic E-state index is 0.751. The number of hydrogen-bond acceptors (Lipinski definition) is 3. The Balaban J connectivity index is 1.98. The van der Waals surface area contributed by atoms with E-state index in [2.05, 4.69) is 48.5 Å². The van der Waals surface area contributed by atoms with Gasteiger partial charge in [-0.2, -0.15) is 0 Å². The summed E-state index contributed by atoms with van der Waals surface area (Å²) in [6.45, 7) is 8.09. The van der Waals surface area contributed by atoms with Crippen LogP contribution >= 0.6 is 0 Å². The van der Waals surface area contributed by atoms with Crippen molar-refractivity contribution in [1.82, 2.24) is 20.3 Å². The Kier molecular flexibility index (Phi) is 3.77. The minimum Gasteiger partial charge on any atom is -0.307 e. The predicted octanol–water partition coefficient (Wildman–Crippen LogP) is 2.03. The molecule has 0 amide bonds. The molecule has 1 aromatic carbocycles. The quantitative estimate of drug-likeness (QED) is 0.895. The second-order valence-corrected chi connectivity index (χ2v) is 4.86. The molecule has 0 aliphatic rings. The van der Waals surface area contributed by atoms with Crippen molar-refractivity contribution in [2.75, 3.05) is 0 Å². The Bertz CT molecular complexity index is 519. The lowest BCUT2D eigenvalue weighted by molar-refractivity contribution is 0.669. The zero-order valence-electron chi connectivity index (χ0n) is 11.5. The minimum atomic E-state index is 0.751. The molecule has 4 heteroatoms. The first-order valence-corrected chi connectivity index (χ1v) is 6.19. The summed E-state index contributed by atoms with van der Waals surface area (Å²) >= 11 is 0. The number of hydrogen-bond donors (Lipinski definition) is 1. The van der Waals surface area contributed by atoms with Crippen LogP contribution in [0.3, 0.4) is 0 Å². The smallest absolute Gasteiger partial charge is 0.0964 e. The molecule has 0 bridgehead atoms. The molecule has 4 nitrogen and oxygen atoms in total. The fourth-order valence-electron chi connectivity index (χ4n) is 2.28. The van der Waals surface area contributed by atoms with Crippen LogP contribution in [0.2, 0.25) is 0 Å². The molecular formula is C14H20N4. The Morgan fingerprint density at radius 1 is 1.11 bits per heavy atom. The van der Waals surface area contributed by atoms with Gasteiger partial charge in [0.1, 0.15) is 0 Å². The SMILES string of the molecule is Cc1cc(C)c(CNCc2cn(C)nn2)c(C)c1. The fourth-order valence-corrected chi connectivity index (χ4v) is 2.28. The van der Waals surface area contributed by atoms with Gasteiger partial charge in [-0.15, -0.1) is 5.10 Å². The molecular weight excluding hydrogens is 224 g/mol. The van der Waals surface area contributed by atoms with Crippen LogP contribution in [-0.2, 0) is 20.1 Å². The van der Waals surface area contributed by atoms with Crippen LogP contribution < -0.4 is 5.32 Å². The highest BCUT2D eigenvalue weighted by Gasteiger charge is 2.04. The van der Waals surface area contributed by atoms with Gasteiger partial charge in [-0.1, -0.05) is 22.9 Å². The summed E-state index contributed by atoms with van der Waals surface area (Å²) in [6, 6.07) is 4.46. The Morgan fingerprint density at radius 3 is 2.33 bits per heavy atom. The first-order valence-electron chi connectivity index (χ1n) is 6.19. The number of rotatable bonds is 4. The highest BCUT2D eigenvalue weighted by atomic mass is 15.4. The van der Waals surface area contributed by atoms with Crippen molar-refractivity contribution in [1.29, 1.82) is 0 Å². The van der Waals surface area contributed by atoms with E-state index in [0.717, 1.165) is 18.8 Å². The van der Waals surface area contributed by atoms with Crippen LogP contribution in [0.4, 0.5) is 0 Å². The van der Waals surface area contributed by atoms with E-state index in [1.165, 1.54) is 22.3 Å². The Hall–Kier alpha value is -1.68. The van der Waals surface area contributed by atoms with E-state index in [-0.39, 0.29) is 0 Å². The lowest BCUT2D eigenvalue weighted by Gasteiger charge is -2.11. The second-order valence-electron chi connectivity index (χ2n) is 4.86. The molecule has 0 fully saturated rings. The van der Waals surface area contributed by atoms with Gasteiger partial charge in [0.05, 0.1) is 5.69 Å². The average molecular weight is 244 g/mol. The van der Waals surface area contributed by atoms with Crippen molar-refractivity contribution in [2.45, 2.75) is 33.9 Å². The lowest BCUT2D eigenvalue weighted by Crippen LogP contribution is -2.15. The Morgan fingerprint density at radius 2 is 1.78 bits per heavy atom. The maximum absolute atomic E-state index is 4.06. The van der Waals surface area contributed by atoms with E-state index in [9.17, 15) is 0 Å². The molecule has 2 aromatic rings. The lowest BCUT2D eigenvalue weighted by atomic mass is 10.00. The standard InChI is InChI=1S/C14H20N4/c1-10-5-11(2)14(12(3)6-10)8-15-7-13-9-18(4)17-16-13/h5-6,9,15H,7-8H2,1-4H3. The molecule has 0 saturated heterocycles. The maximum Gasteiger partial charge on any atom is 0.0964 e. The molecule has 0 radical (unpaired) electrons. The van der Waals surface area contributed by atoms with Gasteiger partial charge in [0.2, 0.25) is 0 Å². The molecule has 0 aliphatic heterocycles. The molecule has 2 rings (SSSR count). The molecule has 0 saturated carbocycles. The van der Waals surface area contributed by atoms with Crippen molar-refractivity contribution in [3.8, 4) is 0 Å². The molecule has 96 valence electrons. The number of benzene rings is 1. The van der Waals surface area contributed by atoms with E-state index in [0.29, 0.717) is 0 Å². The number of nitrogens with one attached hydrogen (secondary N) is 1. The van der Waals surface area contributed by atoms with Crippen LogP contribution in [0.5, 0.6) is 0 Å². The third kappa shape index (κ3) is 2.96. The van der Waals surface area contributed by atoms with Gasteiger partial charge in [-0.25, -0.2) is 0 Å². The summed E-state index contributed by atoms with van der Waals surface area (Å²) in [7, 11) is 1.88. The van der Waals surface area contributed by atoms with E-state index in [4.69, 9.17) is 0 Å². The third-order valence-electron chi connectivity index (χ3n) is 3.10. The topological polar surface area (TPSA) is 42.7 Å². The van der Waals surface area contributed by atoms with Crippen LogP contribution in [0.25, 0.3) is 0 Å². The summed E-state index contributed by atoms with van der Waals surface area (Å²) in [5.41, 5.74) is 6.37. The summed E-state index contributed by atoms with van der Waals surface area (Å²) in [5.74, 6) is 0. The number of nitrogens with zero attached hydrogens (tertiary/aromatic N) is 3. The molecule has 0 spiro atoms. The van der Waals surface area contributed by atoms with Crippen molar-refractivity contribution in [3.05, 3.63) is 46.3 Å². The molecule has 0 atom stereocenters. The zero-order valence-corrected chi connectivity index (χ0v) is 11.5. The van der Waals surface area contributed by atoms with Gasteiger partial charge < -0.3 is 5.32 Å². The predicted molar refractivity (Wildman–Crippen MR) is 72.2 cm³/mol. The van der Waals surface area contributed by atoms with Crippen molar-refractivity contribution >= 4 is 0 Å². The summed E-state index contributed by atoms with van der Waals surface area (Å²) in [5, 5.41) is 11.4. The van der Waals surface area contributed by atoms with Crippen molar-refractivity contribution < 1.29 is 0 Å². The first-order chi connectivity index (χ1) is 8.56. The molecule has 1 aromatic heterocycles. The van der Waals surface area contributed by atoms with E-state index in [1.807, 2.05) is 13.2 Å². The van der Waals surface area contributed by atoms with Gasteiger partial charge in [0.25, 0.3) is 0 Å². The van der Waals surface area contributed by atoms with Crippen LogP contribution in [0.1, 0.15) is 27.9 Å². The van der Waals surface area contributed by atoms with E-state index >= 15 is 0 Å². The van der Waals surface area contributed by atoms with E-state index < -0.39 is 0 Å². The number of aryl methyl sites for hydroxylation is 4. The van der Waals surface area contributed by atoms with Gasteiger partial charge in [-0.3, -0.25) is 4.68 Å². The maximum atomic E-state index is 4.06. The first kappa shape index (κ1) is 12.8. The molecule has 1 N–H and O–H groups in total. The Labute approximate surface area is 108 Å². The van der Waals surface area contributed by atoms with Crippen LogP contribution in [0.15, 0.2) is 18.3 Å². The third-order valence-corrected chi connectivity index (χ3v) is 3.10. The van der Waals surface area contributed by atoms with Crippen LogP contribution in [-0.4, -0.2) is 15.0 Å². The van der Waals surface area contributed by atoms with Crippen molar-refractivity contribution in [3.63, 3.8) is 0 Å². The summed E-state index contributed by atoms with van der Waals surface area (Å²) in [6.07, 6.45) is 1.93. The highest BCUT2D eigenvalue weighted by molar-refractivity contribution is 5.37. The fraction of sp³-hybridized carbons (Fsp3) is 0.429. The highest BCUT2D eigenvalue weighted by Crippen LogP contribution is 2.16.